The molecule has 0 aromatic rings. The van der Waals surface area contributed by atoms with Gasteiger partial charge in [0.1, 0.15) is 0 Å². The Morgan fingerprint density at radius 3 is 0.476 bits per heavy atom. The Morgan fingerprint density at radius 1 is 0.381 bits per heavy atom. The smallest absolute Gasteiger partial charge is 0.00271 e. The van der Waals surface area contributed by atoms with Crippen LogP contribution >= 0.6 is 0 Å². The first-order valence-corrected chi connectivity index (χ1v) is 7.20. The van der Waals surface area contributed by atoms with Crippen LogP contribution in [0.3, 0.4) is 0 Å². The van der Waals surface area contributed by atoms with Gasteiger partial charge in [0.2, 0.25) is 0 Å². The van der Waals surface area contributed by atoms with Crippen LogP contribution in [0.2, 0.25) is 0 Å². The highest BCUT2D eigenvalue weighted by molar-refractivity contribution is 4.89. The molecule has 0 aliphatic rings. The zero-order valence-corrected chi connectivity index (χ0v) is 15.6. The van der Waals surface area contributed by atoms with Crippen molar-refractivity contribution in [1.82, 2.24) is 0 Å². The SMILES string of the molecule is C.C/C=C/C.C/C=C/C.C/C=C/C.C/C=C\C.CC#CC. The fourth-order valence-corrected chi connectivity index (χ4v) is 0. The lowest BCUT2D eigenvalue weighted by molar-refractivity contribution is 1.64. The summed E-state index contributed by atoms with van der Waals surface area (Å²) in [6.45, 7) is 19.6. The molecule has 0 aliphatic carbocycles. The average molecular weight is 295 g/mol. The largest absolute Gasteiger partial charge is 0.107 e. The quantitative estimate of drug-likeness (QED) is 0.313. The molecule has 0 aliphatic heterocycles. The van der Waals surface area contributed by atoms with Crippen molar-refractivity contribution in [3.05, 3.63) is 48.6 Å². The summed E-state index contributed by atoms with van der Waals surface area (Å²) < 4.78 is 0. The van der Waals surface area contributed by atoms with Crippen molar-refractivity contribution in [3.63, 3.8) is 0 Å². The van der Waals surface area contributed by atoms with E-state index in [1.165, 1.54) is 0 Å². The number of rotatable bonds is 0. The molecular weight excluding hydrogens is 252 g/mol. The van der Waals surface area contributed by atoms with E-state index >= 15 is 0 Å². The molecule has 0 saturated carbocycles. The van der Waals surface area contributed by atoms with Gasteiger partial charge in [0, 0.05) is 0 Å². The topological polar surface area (TPSA) is 0 Å². The van der Waals surface area contributed by atoms with Crippen molar-refractivity contribution >= 4 is 0 Å². The van der Waals surface area contributed by atoms with Gasteiger partial charge < -0.3 is 0 Å². The normalized spacial score (nSPS) is 7.90. The molecule has 0 heteroatoms. The maximum atomic E-state index is 2.68. The molecule has 0 nitrogen and oxygen atoms in total. The molecule has 0 aromatic carbocycles. The van der Waals surface area contributed by atoms with Gasteiger partial charge in [-0.05, 0) is 69.2 Å². The molecule has 0 rings (SSSR count). The predicted octanol–water partition coefficient (Wildman–Crippen LogP) is 8.00. The fraction of sp³-hybridized carbons (Fsp3) is 0.524. The summed E-state index contributed by atoms with van der Waals surface area (Å²) in [5, 5.41) is 0. The van der Waals surface area contributed by atoms with Crippen LogP contribution in [-0.2, 0) is 0 Å². The number of hydrogen-bond acceptors (Lipinski definition) is 0. The second-order valence-corrected chi connectivity index (χ2v) is 3.17. The summed E-state index contributed by atoms with van der Waals surface area (Å²) >= 11 is 0. The monoisotopic (exact) mass is 294 g/mol. The highest BCUT2D eigenvalue weighted by Gasteiger charge is 1.35. The van der Waals surface area contributed by atoms with Crippen molar-refractivity contribution in [3.8, 4) is 11.8 Å². The third-order valence-electron chi connectivity index (χ3n) is 1.58. The lowest BCUT2D eigenvalue weighted by Crippen LogP contribution is -1.28. The van der Waals surface area contributed by atoms with Crippen molar-refractivity contribution < 1.29 is 0 Å². The zero-order chi connectivity index (χ0) is 17.1. The van der Waals surface area contributed by atoms with Gasteiger partial charge in [-0.15, -0.1) is 11.8 Å². The van der Waals surface area contributed by atoms with Crippen molar-refractivity contribution in [2.45, 2.75) is 76.7 Å². The third kappa shape index (κ3) is 408. The Morgan fingerprint density at radius 2 is 0.476 bits per heavy atom. The molecule has 0 radical (unpaired) electrons. The zero-order valence-electron chi connectivity index (χ0n) is 15.6. The van der Waals surface area contributed by atoms with Crippen LogP contribution in [0.15, 0.2) is 48.6 Å². The number of hydrogen-bond donors (Lipinski definition) is 0. The third-order valence-corrected chi connectivity index (χ3v) is 1.58. The highest BCUT2D eigenvalue weighted by atomic mass is 13.4. The minimum absolute atomic E-state index is 0. The van der Waals surface area contributed by atoms with Gasteiger partial charge in [-0.1, -0.05) is 56.0 Å². The van der Waals surface area contributed by atoms with E-state index in [-0.39, 0.29) is 7.43 Å². The van der Waals surface area contributed by atoms with Crippen LogP contribution in [0.25, 0.3) is 0 Å². The van der Waals surface area contributed by atoms with Crippen molar-refractivity contribution in [1.29, 1.82) is 0 Å². The maximum absolute atomic E-state index is 2.68. The molecule has 0 saturated heterocycles. The molecule has 0 bridgehead atoms. The predicted molar refractivity (Wildman–Crippen MR) is 108 cm³/mol. The van der Waals surface area contributed by atoms with E-state index in [0.717, 1.165) is 0 Å². The lowest BCUT2D eigenvalue weighted by atomic mass is 10.6. The van der Waals surface area contributed by atoms with E-state index in [4.69, 9.17) is 0 Å². The Bertz CT molecular complexity index is 189. The molecule has 0 aromatic heterocycles. The fourth-order valence-electron chi connectivity index (χ4n) is 0. The summed E-state index contributed by atoms with van der Waals surface area (Å²) in [7, 11) is 0. The van der Waals surface area contributed by atoms with Gasteiger partial charge in [-0.3, -0.25) is 0 Å². The summed E-state index contributed by atoms with van der Waals surface area (Å²) in [4.78, 5) is 0. The molecule has 0 N–H and O–H groups in total. The van der Waals surface area contributed by atoms with Crippen LogP contribution in [0.4, 0.5) is 0 Å². The Balaban J connectivity index is -0.0000000331. The first-order chi connectivity index (χ1) is 9.57. The van der Waals surface area contributed by atoms with Crippen LogP contribution in [0.5, 0.6) is 0 Å². The van der Waals surface area contributed by atoms with Gasteiger partial charge in [0.05, 0.1) is 0 Å². The van der Waals surface area contributed by atoms with E-state index in [2.05, 4.69) is 11.8 Å². The molecule has 0 heterocycles. The summed E-state index contributed by atoms with van der Waals surface area (Å²) in [6.07, 6.45) is 16.0. The van der Waals surface area contributed by atoms with E-state index in [1.54, 1.807) is 0 Å². The lowest BCUT2D eigenvalue weighted by Gasteiger charge is -1.49. The van der Waals surface area contributed by atoms with Gasteiger partial charge in [0.15, 0.2) is 0 Å². The summed E-state index contributed by atoms with van der Waals surface area (Å²) in [5.41, 5.74) is 0. The molecule has 0 atom stereocenters. The van der Waals surface area contributed by atoms with Gasteiger partial charge in [-0.2, -0.15) is 0 Å². The standard InChI is InChI=1S/4C4H8.C4H6.CH4/c5*1-3-4-2;/h4*3-4H,1-2H3;1-2H3;1H4/b3*4-3+;4-3-;;. The van der Waals surface area contributed by atoms with E-state index in [0.29, 0.717) is 0 Å². The van der Waals surface area contributed by atoms with Crippen LogP contribution in [0.1, 0.15) is 76.7 Å². The van der Waals surface area contributed by atoms with E-state index < -0.39 is 0 Å². The van der Waals surface area contributed by atoms with Gasteiger partial charge in [0.25, 0.3) is 0 Å². The highest BCUT2D eigenvalue weighted by Crippen LogP contribution is 1.58. The second-order valence-electron chi connectivity index (χ2n) is 3.17. The minimum Gasteiger partial charge on any atom is -0.107 e. The average Bonchev–Trinajstić information content (AvgIpc) is 2.55. The Hall–Kier alpha value is -1.48. The molecule has 0 unspecified atom stereocenters. The second kappa shape index (κ2) is 78.3. The van der Waals surface area contributed by atoms with Crippen LogP contribution < -0.4 is 0 Å². The van der Waals surface area contributed by atoms with E-state index in [9.17, 15) is 0 Å². The first-order valence-electron chi connectivity index (χ1n) is 7.20. The summed E-state index contributed by atoms with van der Waals surface area (Å²) in [5.74, 6) is 5.36. The molecule has 0 amide bonds. The molecule has 21 heavy (non-hydrogen) atoms. The molecular formula is C21H42. The number of allylic oxidation sites excluding steroid dienone is 8. The first kappa shape index (κ1) is 36.6. The Kier molecular flexibility index (Phi) is 137. The summed E-state index contributed by atoms with van der Waals surface area (Å²) in [6, 6.07) is 0. The van der Waals surface area contributed by atoms with Crippen LogP contribution in [-0.4, -0.2) is 0 Å². The molecule has 0 spiro atoms. The van der Waals surface area contributed by atoms with Gasteiger partial charge >= 0.3 is 0 Å². The van der Waals surface area contributed by atoms with Crippen molar-refractivity contribution in [2.75, 3.05) is 0 Å². The Labute approximate surface area is 137 Å². The van der Waals surface area contributed by atoms with E-state index in [1.807, 2.05) is 118 Å². The maximum Gasteiger partial charge on any atom is -0.00271 e. The van der Waals surface area contributed by atoms with Crippen LogP contribution in [0, 0.1) is 11.8 Å². The molecule has 0 fully saturated rings. The molecule has 126 valence electrons. The van der Waals surface area contributed by atoms with Crippen molar-refractivity contribution in [2.24, 2.45) is 0 Å². The van der Waals surface area contributed by atoms with Gasteiger partial charge in [-0.25, -0.2) is 0 Å². The minimum atomic E-state index is 0.